The third-order valence-corrected chi connectivity index (χ3v) is 3.04. The van der Waals surface area contributed by atoms with Crippen molar-refractivity contribution in [2.75, 3.05) is 43.3 Å². The van der Waals surface area contributed by atoms with Gasteiger partial charge in [0.2, 0.25) is 0 Å². The van der Waals surface area contributed by atoms with Gasteiger partial charge < -0.3 is 39.9 Å². The summed E-state index contributed by atoms with van der Waals surface area (Å²) >= 11 is 0. The van der Waals surface area contributed by atoms with Crippen molar-refractivity contribution >= 4 is 22.7 Å². The predicted molar refractivity (Wildman–Crippen MR) is 84.8 cm³/mol. The molecule has 0 atom stereocenters. The Balaban J connectivity index is 0. The smallest absolute Gasteiger partial charge is 1.00 e. The first-order chi connectivity index (χ1) is 9.09. The Hall–Kier alpha value is -1.09. The van der Waals surface area contributed by atoms with Gasteiger partial charge in [0, 0.05) is 28.2 Å². The van der Waals surface area contributed by atoms with Crippen LogP contribution in [0.3, 0.4) is 0 Å². The van der Waals surface area contributed by atoms with Crippen LogP contribution >= 0.6 is 0 Å². The normalized spacial score (nSPS) is 8.73. The number of nitrogens with zero attached hydrogens (tertiary/aromatic N) is 2. The SMILES string of the molecule is CN(C)c1ccccc1Nc1ccccc1N(C)C.[Cl-].[Cl-].[Ni+2]. The maximum Gasteiger partial charge on any atom is 2.00 e. The van der Waals surface area contributed by atoms with Crippen LogP contribution in [0.25, 0.3) is 0 Å². The van der Waals surface area contributed by atoms with E-state index in [1.807, 2.05) is 12.1 Å². The monoisotopic (exact) mass is 383 g/mol. The molecule has 124 valence electrons. The zero-order valence-electron chi connectivity index (χ0n) is 13.1. The van der Waals surface area contributed by atoms with E-state index in [2.05, 4.69) is 79.7 Å². The summed E-state index contributed by atoms with van der Waals surface area (Å²) in [4.78, 5) is 4.22. The molecule has 0 aromatic heterocycles. The molecule has 0 aliphatic carbocycles. The molecule has 0 bridgehead atoms. The molecular weight excluding hydrogens is 364 g/mol. The zero-order chi connectivity index (χ0) is 13.8. The molecule has 0 saturated carbocycles. The molecule has 3 nitrogen and oxygen atoms in total. The minimum absolute atomic E-state index is 0. The fraction of sp³-hybridized carbons (Fsp3) is 0.250. The summed E-state index contributed by atoms with van der Waals surface area (Å²) in [5.74, 6) is 0. The van der Waals surface area contributed by atoms with E-state index in [1.165, 1.54) is 11.4 Å². The quantitative estimate of drug-likeness (QED) is 0.591. The summed E-state index contributed by atoms with van der Waals surface area (Å²) in [5, 5.41) is 3.52. The molecule has 0 radical (unpaired) electrons. The topological polar surface area (TPSA) is 18.5 Å². The number of anilines is 4. The molecule has 0 aliphatic rings. The summed E-state index contributed by atoms with van der Waals surface area (Å²) in [6.07, 6.45) is 0. The Labute approximate surface area is 155 Å². The molecule has 0 unspecified atom stereocenters. The first-order valence-corrected chi connectivity index (χ1v) is 6.39. The Kier molecular flexibility index (Phi) is 11.2. The van der Waals surface area contributed by atoms with Gasteiger partial charge in [0.05, 0.1) is 22.7 Å². The number of rotatable bonds is 4. The molecule has 1 N–H and O–H groups in total. The molecule has 2 aromatic carbocycles. The van der Waals surface area contributed by atoms with Crippen LogP contribution in [0.5, 0.6) is 0 Å². The Bertz CT molecular complexity index is 513. The van der Waals surface area contributed by atoms with Gasteiger partial charge in [-0.05, 0) is 24.3 Å². The molecule has 0 heterocycles. The van der Waals surface area contributed by atoms with E-state index in [0.29, 0.717) is 0 Å². The average Bonchev–Trinajstić information content (AvgIpc) is 2.39. The minimum atomic E-state index is 0. The van der Waals surface area contributed by atoms with Crippen LogP contribution in [0.1, 0.15) is 0 Å². The van der Waals surface area contributed by atoms with E-state index in [-0.39, 0.29) is 41.3 Å². The number of hydrogen-bond donors (Lipinski definition) is 1. The van der Waals surface area contributed by atoms with Gasteiger partial charge in [-0.25, -0.2) is 0 Å². The van der Waals surface area contributed by atoms with Crippen LogP contribution in [0, 0.1) is 0 Å². The summed E-state index contributed by atoms with van der Waals surface area (Å²) in [7, 11) is 8.22. The molecule has 0 spiro atoms. The van der Waals surface area contributed by atoms with Crippen LogP contribution < -0.4 is 39.9 Å². The van der Waals surface area contributed by atoms with Crippen molar-refractivity contribution < 1.29 is 41.3 Å². The van der Waals surface area contributed by atoms with E-state index >= 15 is 0 Å². The molecular formula is C16H21Cl2N3Ni. The van der Waals surface area contributed by atoms with Crippen molar-refractivity contribution in [2.24, 2.45) is 0 Å². The Morgan fingerprint density at radius 2 is 0.955 bits per heavy atom. The van der Waals surface area contributed by atoms with Crippen LogP contribution in [0.4, 0.5) is 22.7 Å². The summed E-state index contributed by atoms with van der Waals surface area (Å²) < 4.78 is 0. The van der Waals surface area contributed by atoms with Gasteiger partial charge in [0.25, 0.3) is 0 Å². The fourth-order valence-electron chi connectivity index (χ4n) is 2.08. The number of hydrogen-bond acceptors (Lipinski definition) is 3. The molecule has 22 heavy (non-hydrogen) atoms. The molecule has 0 amide bonds. The van der Waals surface area contributed by atoms with Crippen molar-refractivity contribution in [2.45, 2.75) is 0 Å². The van der Waals surface area contributed by atoms with Crippen LogP contribution in [0.15, 0.2) is 48.5 Å². The van der Waals surface area contributed by atoms with E-state index < -0.39 is 0 Å². The van der Waals surface area contributed by atoms with Gasteiger partial charge in [-0.2, -0.15) is 0 Å². The van der Waals surface area contributed by atoms with Gasteiger partial charge in [-0.3, -0.25) is 0 Å². The first kappa shape index (κ1) is 23.2. The van der Waals surface area contributed by atoms with E-state index in [9.17, 15) is 0 Å². The molecule has 0 aliphatic heterocycles. The Morgan fingerprint density at radius 3 is 1.27 bits per heavy atom. The largest absolute Gasteiger partial charge is 2.00 e. The molecule has 2 rings (SSSR count). The Morgan fingerprint density at radius 1 is 0.636 bits per heavy atom. The number of para-hydroxylation sites is 4. The van der Waals surface area contributed by atoms with Crippen molar-refractivity contribution in [1.82, 2.24) is 0 Å². The number of nitrogens with one attached hydrogen (secondary N) is 1. The fourth-order valence-corrected chi connectivity index (χ4v) is 2.08. The molecule has 2 aromatic rings. The van der Waals surface area contributed by atoms with Gasteiger partial charge in [0.15, 0.2) is 0 Å². The summed E-state index contributed by atoms with van der Waals surface area (Å²) in [6, 6.07) is 16.6. The standard InChI is InChI=1S/C16H21N3.2ClH.Ni/c1-18(2)15-11-7-5-9-13(15)17-14-10-6-8-12-16(14)19(3)4;;;/h5-12,17H,1-4H3;2*1H;/q;;;+2/p-2. The van der Waals surface area contributed by atoms with E-state index in [1.54, 1.807) is 0 Å². The summed E-state index contributed by atoms with van der Waals surface area (Å²) in [6.45, 7) is 0. The minimum Gasteiger partial charge on any atom is -1.00 e. The van der Waals surface area contributed by atoms with Crippen LogP contribution in [0.2, 0.25) is 0 Å². The maximum atomic E-state index is 3.52. The average molecular weight is 385 g/mol. The van der Waals surface area contributed by atoms with Gasteiger partial charge in [-0.15, -0.1) is 0 Å². The second-order valence-electron chi connectivity index (χ2n) is 4.95. The van der Waals surface area contributed by atoms with E-state index in [4.69, 9.17) is 0 Å². The van der Waals surface area contributed by atoms with Crippen LogP contribution in [-0.4, -0.2) is 28.2 Å². The molecule has 0 saturated heterocycles. The van der Waals surface area contributed by atoms with Crippen molar-refractivity contribution in [3.8, 4) is 0 Å². The second-order valence-corrected chi connectivity index (χ2v) is 4.95. The van der Waals surface area contributed by atoms with Crippen molar-refractivity contribution in [3.63, 3.8) is 0 Å². The zero-order valence-corrected chi connectivity index (χ0v) is 15.6. The van der Waals surface area contributed by atoms with Gasteiger partial charge >= 0.3 is 16.5 Å². The number of benzene rings is 2. The summed E-state index contributed by atoms with van der Waals surface area (Å²) in [5.41, 5.74) is 4.58. The van der Waals surface area contributed by atoms with Crippen LogP contribution in [-0.2, 0) is 16.5 Å². The third kappa shape index (κ3) is 5.60. The van der Waals surface area contributed by atoms with Gasteiger partial charge in [-0.1, -0.05) is 24.3 Å². The van der Waals surface area contributed by atoms with Gasteiger partial charge in [0.1, 0.15) is 0 Å². The van der Waals surface area contributed by atoms with E-state index in [0.717, 1.165) is 11.4 Å². The van der Waals surface area contributed by atoms with Crippen molar-refractivity contribution in [3.05, 3.63) is 48.5 Å². The predicted octanol–water partition coefficient (Wildman–Crippen LogP) is -2.43. The number of halogens is 2. The molecule has 6 heteroatoms. The first-order valence-electron chi connectivity index (χ1n) is 6.39. The van der Waals surface area contributed by atoms with Crippen molar-refractivity contribution in [1.29, 1.82) is 0 Å². The maximum absolute atomic E-state index is 3.52. The second kappa shape index (κ2) is 10.6. The molecule has 0 fully saturated rings. The third-order valence-electron chi connectivity index (χ3n) is 3.04.